The molecule has 24 heavy (non-hydrogen) atoms. The first-order chi connectivity index (χ1) is 11.6. The van der Waals surface area contributed by atoms with Crippen molar-refractivity contribution >= 4 is 16.6 Å². The Labute approximate surface area is 139 Å². The third-order valence-electron chi connectivity index (χ3n) is 3.94. The lowest BCUT2D eigenvalue weighted by Crippen LogP contribution is -2.21. The van der Waals surface area contributed by atoms with Crippen molar-refractivity contribution in [3.05, 3.63) is 58.6 Å². The van der Waals surface area contributed by atoms with E-state index in [-0.39, 0.29) is 5.56 Å². The Bertz CT molecular complexity index is 934. The summed E-state index contributed by atoms with van der Waals surface area (Å²) in [5, 5.41) is 0.532. The number of hydrogen-bond donors (Lipinski definition) is 1. The zero-order chi connectivity index (χ0) is 17.1. The Balaban J connectivity index is 1.86. The van der Waals surface area contributed by atoms with E-state index in [1.807, 2.05) is 18.2 Å². The number of anilines is 1. The van der Waals surface area contributed by atoms with Gasteiger partial charge in [0.05, 0.1) is 31.4 Å². The first kappa shape index (κ1) is 15.9. The van der Waals surface area contributed by atoms with Crippen LogP contribution in [0.15, 0.2) is 47.5 Å². The van der Waals surface area contributed by atoms with Crippen molar-refractivity contribution in [1.82, 2.24) is 9.55 Å². The molecule has 1 heterocycles. The van der Waals surface area contributed by atoms with Gasteiger partial charge >= 0.3 is 0 Å². The molecule has 0 spiro atoms. The Morgan fingerprint density at radius 1 is 1.08 bits per heavy atom. The van der Waals surface area contributed by atoms with Crippen molar-refractivity contribution < 1.29 is 9.47 Å². The van der Waals surface area contributed by atoms with Crippen LogP contribution in [-0.4, -0.2) is 23.8 Å². The first-order valence-electron chi connectivity index (χ1n) is 7.58. The van der Waals surface area contributed by atoms with Crippen LogP contribution in [0.5, 0.6) is 11.5 Å². The minimum Gasteiger partial charge on any atom is -0.493 e. The average Bonchev–Trinajstić information content (AvgIpc) is 2.61. The summed E-state index contributed by atoms with van der Waals surface area (Å²) in [5.41, 5.74) is 7.93. The maximum Gasteiger partial charge on any atom is 0.261 e. The van der Waals surface area contributed by atoms with Gasteiger partial charge in [-0.2, -0.15) is 0 Å². The highest BCUT2D eigenvalue weighted by Crippen LogP contribution is 2.27. The van der Waals surface area contributed by atoms with Gasteiger partial charge in [0.25, 0.3) is 5.56 Å². The molecule has 0 fully saturated rings. The third-order valence-corrected chi connectivity index (χ3v) is 3.94. The highest BCUT2D eigenvalue weighted by atomic mass is 16.5. The Morgan fingerprint density at radius 2 is 1.88 bits per heavy atom. The zero-order valence-corrected chi connectivity index (χ0v) is 13.7. The molecule has 0 bridgehead atoms. The second kappa shape index (κ2) is 6.62. The quantitative estimate of drug-likeness (QED) is 0.728. The molecule has 3 rings (SSSR count). The van der Waals surface area contributed by atoms with Crippen LogP contribution in [-0.2, 0) is 13.0 Å². The highest BCUT2D eigenvalue weighted by Gasteiger charge is 2.07. The molecular formula is C18H19N3O3. The predicted octanol–water partition coefficient (Wildman–Crippen LogP) is 2.24. The molecule has 0 unspecified atom stereocenters. The molecule has 1 aromatic heterocycles. The van der Waals surface area contributed by atoms with E-state index in [1.54, 1.807) is 43.3 Å². The van der Waals surface area contributed by atoms with E-state index in [4.69, 9.17) is 15.2 Å². The van der Waals surface area contributed by atoms with Crippen LogP contribution in [0.2, 0.25) is 0 Å². The van der Waals surface area contributed by atoms with Gasteiger partial charge in [-0.3, -0.25) is 9.36 Å². The topological polar surface area (TPSA) is 79.4 Å². The SMILES string of the molecule is COc1ccc(CCn2cnc3ccc(N)cc3c2=O)cc1OC. The lowest BCUT2D eigenvalue weighted by Gasteiger charge is -2.10. The van der Waals surface area contributed by atoms with Gasteiger partial charge in [0, 0.05) is 12.2 Å². The standard InChI is InChI=1S/C18H19N3O3/c1-23-16-6-3-12(9-17(16)24-2)7-8-21-11-20-15-5-4-13(19)10-14(15)18(21)22/h3-6,9-11H,7-8,19H2,1-2H3. The van der Waals surface area contributed by atoms with Crippen molar-refractivity contribution in [2.24, 2.45) is 0 Å². The molecule has 124 valence electrons. The van der Waals surface area contributed by atoms with Crippen LogP contribution in [0, 0.1) is 0 Å². The summed E-state index contributed by atoms with van der Waals surface area (Å²) in [6.45, 7) is 0.520. The molecule has 0 saturated carbocycles. The molecule has 0 amide bonds. The minimum atomic E-state index is -0.0900. The maximum atomic E-state index is 12.5. The van der Waals surface area contributed by atoms with Crippen molar-refractivity contribution in [3.8, 4) is 11.5 Å². The van der Waals surface area contributed by atoms with Crippen LogP contribution in [0.4, 0.5) is 5.69 Å². The Kier molecular flexibility index (Phi) is 4.37. The van der Waals surface area contributed by atoms with Crippen LogP contribution in [0.1, 0.15) is 5.56 Å². The smallest absolute Gasteiger partial charge is 0.261 e. The number of benzene rings is 2. The first-order valence-corrected chi connectivity index (χ1v) is 7.58. The number of aromatic nitrogens is 2. The molecule has 0 saturated heterocycles. The molecule has 6 heteroatoms. The van der Waals surface area contributed by atoms with Crippen molar-refractivity contribution in [3.63, 3.8) is 0 Å². The molecule has 6 nitrogen and oxygen atoms in total. The second-order valence-corrected chi connectivity index (χ2v) is 5.46. The number of ether oxygens (including phenoxy) is 2. The molecule has 0 aliphatic heterocycles. The molecule has 2 N–H and O–H groups in total. The van der Waals surface area contributed by atoms with Gasteiger partial charge < -0.3 is 15.2 Å². The van der Waals surface area contributed by atoms with Crippen LogP contribution < -0.4 is 20.8 Å². The molecule has 0 aliphatic rings. The maximum absolute atomic E-state index is 12.5. The summed E-state index contributed by atoms with van der Waals surface area (Å²) in [5.74, 6) is 1.35. The lowest BCUT2D eigenvalue weighted by atomic mass is 10.1. The summed E-state index contributed by atoms with van der Waals surface area (Å²) in [6.07, 6.45) is 2.25. The van der Waals surface area contributed by atoms with Gasteiger partial charge in [-0.15, -0.1) is 0 Å². The zero-order valence-electron chi connectivity index (χ0n) is 13.7. The molecule has 2 aromatic carbocycles. The van der Waals surface area contributed by atoms with Gasteiger partial charge in [-0.1, -0.05) is 6.07 Å². The molecule has 0 aliphatic carbocycles. The highest BCUT2D eigenvalue weighted by molar-refractivity contribution is 5.80. The Morgan fingerprint density at radius 3 is 2.62 bits per heavy atom. The van der Waals surface area contributed by atoms with E-state index in [0.717, 1.165) is 5.56 Å². The van der Waals surface area contributed by atoms with Crippen molar-refractivity contribution in [1.29, 1.82) is 0 Å². The number of hydrogen-bond acceptors (Lipinski definition) is 5. The molecule has 0 radical (unpaired) electrons. The summed E-state index contributed by atoms with van der Waals surface area (Å²) < 4.78 is 12.1. The monoisotopic (exact) mass is 325 g/mol. The van der Waals surface area contributed by atoms with Gasteiger partial charge in [-0.05, 0) is 42.3 Å². The van der Waals surface area contributed by atoms with Crippen molar-refractivity contribution in [2.45, 2.75) is 13.0 Å². The predicted molar refractivity (Wildman–Crippen MR) is 93.7 cm³/mol. The van der Waals surface area contributed by atoms with Crippen LogP contribution in [0.25, 0.3) is 10.9 Å². The summed E-state index contributed by atoms with van der Waals surface area (Å²) in [6, 6.07) is 10.9. The van der Waals surface area contributed by atoms with Crippen LogP contribution in [0.3, 0.4) is 0 Å². The van der Waals surface area contributed by atoms with E-state index in [0.29, 0.717) is 41.1 Å². The number of aryl methyl sites for hydroxylation is 2. The third kappa shape index (κ3) is 3.03. The van der Waals surface area contributed by atoms with Gasteiger partial charge in [0.2, 0.25) is 0 Å². The summed E-state index contributed by atoms with van der Waals surface area (Å²) >= 11 is 0. The van der Waals surface area contributed by atoms with Gasteiger partial charge in [0.15, 0.2) is 11.5 Å². The number of rotatable bonds is 5. The van der Waals surface area contributed by atoms with Gasteiger partial charge in [-0.25, -0.2) is 4.98 Å². The fourth-order valence-electron chi connectivity index (χ4n) is 2.62. The fourth-order valence-corrected chi connectivity index (χ4v) is 2.62. The van der Waals surface area contributed by atoms with Crippen LogP contribution >= 0.6 is 0 Å². The van der Waals surface area contributed by atoms with E-state index in [1.165, 1.54) is 0 Å². The summed E-state index contributed by atoms with van der Waals surface area (Å²) in [4.78, 5) is 16.9. The number of methoxy groups -OCH3 is 2. The molecular weight excluding hydrogens is 306 g/mol. The largest absolute Gasteiger partial charge is 0.493 e. The van der Waals surface area contributed by atoms with E-state index in [9.17, 15) is 4.79 Å². The van der Waals surface area contributed by atoms with E-state index in [2.05, 4.69) is 4.98 Å². The Hall–Kier alpha value is -3.02. The average molecular weight is 325 g/mol. The number of fused-ring (bicyclic) bond motifs is 1. The molecule has 3 aromatic rings. The van der Waals surface area contributed by atoms with E-state index < -0.39 is 0 Å². The van der Waals surface area contributed by atoms with Crippen molar-refractivity contribution in [2.75, 3.05) is 20.0 Å². The minimum absolute atomic E-state index is 0.0900. The normalized spacial score (nSPS) is 10.8. The fraction of sp³-hybridized carbons (Fsp3) is 0.222. The second-order valence-electron chi connectivity index (χ2n) is 5.46. The number of nitrogens with zero attached hydrogens (tertiary/aromatic N) is 2. The van der Waals surface area contributed by atoms with Gasteiger partial charge in [0.1, 0.15) is 0 Å². The van der Waals surface area contributed by atoms with E-state index >= 15 is 0 Å². The lowest BCUT2D eigenvalue weighted by molar-refractivity contribution is 0.354. The number of nitrogens with two attached hydrogens (primary N) is 1. The number of nitrogen functional groups attached to an aromatic ring is 1. The molecule has 0 atom stereocenters. The summed E-state index contributed by atoms with van der Waals surface area (Å²) in [7, 11) is 3.20.